The van der Waals surface area contributed by atoms with Crippen LogP contribution < -0.4 is 4.90 Å². The summed E-state index contributed by atoms with van der Waals surface area (Å²) in [6.45, 7) is 6.82. The topological polar surface area (TPSA) is 3.24 Å². The maximum Gasteiger partial charge on any atom is 0.0510 e. The zero-order chi connectivity index (χ0) is 9.84. The minimum absolute atomic E-state index is 0.891. The van der Waals surface area contributed by atoms with E-state index in [0.29, 0.717) is 0 Å². The van der Waals surface area contributed by atoms with Gasteiger partial charge in [0.15, 0.2) is 0 Å². The highest BCUT2D eigenvalue weighted by molar-refractivity contribution is 9.10. The van der Waals surface area contributed by atoms with E-state index in [9.17, 15) is 0 Å². The molecule has 0 amide bonds. The second-order valence-electron chi connectivity index (χ2n) is 3.26. The van der Waals surface area contributed by atoms with Gasteiger partial charge in [-0.3, -0.25) is 0 Å². The van der Waals surface area contributed by atoms with Crippen LogP contribution in [0.5, 0.6) is 0 Å². The second-order valence-corrected chi connectivity index (χ2v) is 4.12. The second kappa shape index (κ2) is 4.47. The molecule has 0 bridgehead atoms. The summed E-state index contributed by atoms with van der Waals surface area (Å²) in [7, 11) is 2.06. The number of para-hydroxylation sites is 1. The van der Waals surface area contributed by atoms with E-state index in [1.807, 2.05) is 25.1 Å². The quantitative estimate of drug-likeness (QED) is 0.731. The molecule has 0 saturated carbocycles. The van der Waals surface area contributed by atoms with Crippen LogP contribution in [-0.2, 0) is 0 Å². The van der Waals surface area contributed by atoms with Crippen LogP contribution in [0.4, 0.5) is 5.69 Å². The van der Waals surface area contributed by atoms with Crippen LogP contribution >= 0.6 is 15.9 Å². The van der Waals surface area contributed by atoms with Crippen molar-refractivity contribution in [1.82, 2.24) is 0 Å². The van der Waals surface area contributed by atoms with Crippen molar-refractivity contribution in [3.63, 3.8) is 0 Å². The van der Waals surface area contributed by atoms with E-state index in [4.69, 9.17) is 0 Å². The minimum atomic E-state index is 0.891. The third kappa shape index (κ3) is 2.88. The van der Waals surface area contributed by atoms with Crippen molar-refractivity contribution in [2.75, 3.05) is 18.5 Å². The van der Waals surface area contributed by atoms with Gasteiger partial charge in [0.25, 0.3) is 0 Å². The first-order valence-electron chi connectivity index (χ1n) is 4.21. The van der Waals surface area contributed by atoms with E-state index >= 15 is 0 Å². The van der Waals surface area contributed by atoms with Gasteiger partial charge >= 0.3 is 0 Å². The first-order valence-corrected chi connectivity index (χ1v) is 5.00. The molecular formula is C11H14BrN. The minimum Gasteiger partial charge on any atom is -0.370 e. The summed E-state index contributed by atoms with van der Waals surface area (Å²) in [6, 6.07) is 8.19. The largest absolute Gasteiger partial charge is 0.370 e. The number of benzene rings is 1. The number of anilines is 1. The highest BCUT2D eigenvalue weighted by atomic mass is 79.9. The fraction of sp³-hybridized carbons (Fsp3) is 0.273. The van der Waals surface area contributed by atoms with Crippen LogP contribution in [0.15, 0.2) is 40.9 Å². The van der Waals surface area contributed by atoms with Crippen LogP contribution in [-0.4, -0.2) is 13.6 Å². The van der Waals surface area contributed by atoms with Crippen LogP contribution in [0, 0.1) is 0 Å². The highest BCUT2D eigenvalue weighted by Gasteiger charge is 2.03. The van der Waals surface area contributed by atoms with Gasteiger partial charge < -0.3 is 4.90 Å². The van der Waals surface area contributed by atoms with Crippen LogP contribution in [0.1, 0.15) is 6.92 Å². The van der Waals surface area contributed by atoms with Gasteiger partial charge in [0.2, 0.25) is 0 Å². The van der Waals surface area contributed by atoms with Crippen molar-refractivity contribution in [2.24, 2.45) is 0 Å². The fourth-order valence-corrected chi connectivity index (χ4v) is 1.84. The predicted molar refractivity (Wildman–Crippen MR) is 62.2 cm³/mol. The average Bonchev–Trinajstić information content (AvgIpc) is 2.03. The third-order valence-corrected chi connectivity index (χ3v) is 2.44. The van der Waals surface area contributed by atoms with Gasteiger partial charge in [-0.05, 0) is 35.0 Å². The molecule has 0 aliphatic heterocycles. The van der Waals surface area contributed by atoms with Gasteiger partial charge in [-0.25, -0.2) is 0 Å². The molecule has 1 aromatic rings. The molecule has 1 aromatic carbocycles. The molecule has 2 heteroatoms. The molecule has 0 atom stereocenters. The van der Waals surface area contributed by atoms with Gasteiger partial charge in [-0.15, -0.1) is 0 Å². The Labute approximate surface area is 88.2 Å². The summed E-state index contributed by atoms with van der Waals surface area (Å²) in [5, 5.41) is 0. The fourth-order valence-electron chi connectivity index (χ4n) is 1.25. The SMILES string of the molecule is C=C(C)CN(C)c1ccccc1Br. The zero-order valence-corrected chi connectivity index (χ0v) is 9.63. The third-order valence-electron chi connectivity index (χ3n) is 1.77. The summed E-state index contributed by atoms with van der Waals surface area (Å²) in [6.07, 6.45) is 0. The lowest BCUT2D eigenvalue weighted by Crippen LogP contribution is -2.19. The Bertz CT molecular complexity index is 307. The van der Waals surface area contributed by atoms with Crippen molar-refractivity contribution in [1.29, 1.82) is 0 Å². The normalized spacial score (nSPS) is 9.77. The Hall–Kier alpha value is -0.760. The Morgan fingerprint density at radius 2 is 2.08 bits per heavy atom. The molecule has 0 N–H and O–H groups in total. The smallest absolute Gasteiger partial charge is 0.0510 e. The summed E-state index contributed by atoms with van der Waals surface area (Å²) < 4.78 is 1.12. The Kier molecular flexibility index (Phi) is 3.55. The summed E-state index contributed by atoms with van der Waals surface area (Å²) in [5.74, 6) is 0. The number of rotatable bonds is 3. The molecule has 0 aromatic heterocycles. The monoisotopic (exact) mass is 239 g/mol. The number of halogens is 1. The summed E-state index contributed by atoms with van der Waals surface area (Å²) >= 11 is 3.52. The number of nitrogens with zero attached hydrogens (tertiary/aromatic N) is 1. The molecule has 0 unspecified atom stereocenters. The maximum atomic E-state index is 3.89. The number of hydrogen-bond acceptors (Lipinski definition) is 1. The van der Waals surface area contributed by atoms with Crippen molar-refractivity contribution in [3.05, 3.63) is 40.9 Å². The molecule has 0 aliphatic rings. The average molecular weight is 240 g/mol. The molecule has 0 radical (unpaired) electrons. The van der Waals surface area contributed by atoms with E-state index in [1.165, 1.54) is 11.3 Å². The van der Waals surface area contributed by atoms with Gasteiger partial charge in [0.05, 0.1) is 5.69 Å². The molecule has 0 spiro atoms. The van der Waals surface area contributed by atoms with Gasteiger partial charge in [-0.2, -0.15) is 0 Å². The van der Waals surface area contributed by atoms with Crippen molar-refractivity contribution in [3.8, 4) is 0 Å². The van der Waals surface area contributed by atoms with E-state index in [2.05, 4.69) is 40.5 Å². The first kappa shape index (κ1) is 10.3. The Balaban J connectivity index is 2.82. The first-order chi connectivity index (χ1) is 6.11. The molecular weight excluding hydrogens is 226 g/mol. The lowest BCUT2D eigenvalue weighted by Gasteiger charge is -2.20. The molecule has 0 aliphatic carbocycles. The van der Waals surface area contributed by atoms with Crippen LogP contribution in [0.2, 0.25) is 0 Å². The summed E-state index contributed by atoms with van der Waals surface area (Å²) in [5.41, 5.74) is 2.36. The molecule has 13 heavy (non-hydrogen) atoms. The van der Waals surface area contributed by atoms with Gasteiger partial charge in [-0.1, -0.05) is 24.3 Å². The molecule has 0 heterocycles. The number of hydrogen-bond donors (Lipinski definition) is 0. The highest BCUT2D eigenvalue weighted by Crippen LogP contribution is 2.24. The lowest BCUT2D eigenvalue weighted by molar-refractivity contribution is 0.982. The van der Waals surface area contributed by atoms with Crippen molar-refractivity contribution in [2.45, 2.75) is 6.92 Å². The van der Waals surface area contributed by atoms with E-state index in [1.54, 1.807) is 0 Å². The van der Waals surface area contributed by atoms with E-state index < -0.39 is 0 Å². The van der Waals surface area contributed by atoms with Crippen molar-refractivity contribution < 1.29 is 0 Å². The van der Waals surface area contributed by atoms with Gasteiger partial charge in [0, 0.05) is 18.1 Å². The summed E-state index contributed by atoms with van der Waals surface area (Å²) in [4.78, 5) is 2.17. The van der Waals surface area contributed by atoms with Crippen molar-refractivity contribution >= 4 is 21.6 Å². The van der Waals surface area contributed by atoms with Gasteiger partial charge in [0.1, 0.15) is 0 Å². The van der Waals surface area contributed by atoms with Crippen LogP contribution in [0.25, 0.3) is 0 Å². The Morgan fingerprint density at radius 1 is 1.46 bits per heavy atom. The molecule has 0 saturated heterocycles. The predicted octanol–water partition coefficient (Wildman–Crippen LogP) is 3.46. The lowest BCUT2D eigenvalue weighted by atomic mass is 10.2. The Morgan fingerprint density at radius 3 is 2.62 bits per heavy atom. The van der Waals surface area contributed by atoms with E-state index in [0.717, 1.165) is 11.0 Å². The molecule has 1 nitrogen and oxygen atoms in total. The van der Waals surface area contributed by atoms with E-state index in [-0.39, 0.29) is 0 Å². The number of likely N-dealkylation sites (N-methyl/N-ethyl adjacent to an activating group) is 1. The standard InChI is InChI=1S/C11H14BrN/c1-9(2)8-13(3)11-7-5-4-6-10(11)12/h4-7H,1,8H2,2-3H3. The molecule has 0 fully saturated rings. The molecule has 70 valence electrons. The molecule has 1 rings (SSSR count). The zero-order valence-electron chi connectivity index (χ0n) is 8.05. The van der Waals surface area contributed by atoms with Crippen LogP contribution in [0.3, 0.4) is 0 Å². The maximum absolute atomic E-state index is 3.89.